The fourth-order valence-electron chi connectivity index (χ4n) is 6.14. The molecule has 11 nitrogen and oxygen atoms in total. The summed E-state index contributed by atoms with van der Waals surface area (Å²) in [6.07, 6.45) is 3.43. The van der Waals surface area contributed by atoms with Crippen LogP contribution in [0.1, 0.15) is 64.2 Å². The molecule has 0 unspecified atom stereocenters. The van der Waals surface area contributed by atoms with Crippen LogP contribution in [0.3, 0.4) is 0 Å². The van der Waals surface area contributed by atoms with Crippen molar-refractivity contribution in [2.45, 2.75) is 66.0 Å². The van der Waals surface area contributed by atoms with Crippen LogP contribution in [0.4, 0.5) is 10.2 Å². The molecule has 2 fully saturated rings. The van der Waals surface area contributed by atoms with Crippen molar-refractivity contribution in [3.8, 4) is 11.6 Å². The first-order valence-electron chi connectivity index (χ1n) is 14.2. The molecule has 0 saturated carbocycles. The van der Waals surface area contributed by atoms with E-state index in [9.17, 15) is 17.6 Å². The number of ether oxygens (including phenoxy) is 1. The third-order valence-corrected chi connectivity index (χ3v) is 8.94. The Hall–Kier alpha value is -2.90. The molecule has 41 heavy (non-hydrogen) atoms. The molecule has 1 aromatic carbocycles. The maximum absolute atomic E-state index is 14.2. The van der Waals surface area contributed by atoms with Gasteiger partial charge in [-0.25, -0.2) is 9.37 Å². The van der Waals surface area contributed by atoms with E-state index in [0.29, 0.717) is 31.1 Å². The summed E-state index contributed by atoms with van der Waals surface area (Å²) >= 11 is 0. The van der Waals surface area contributed by atoms with Crippen molar-refractivity contribution in [1.82, 2.24) is 25.0 Å². The molecule has 1 spiro atoms. The van der Waals surface area contributed by atoms with Crippen LogP contribution in [0.2, 0.25) is 0 Å². The normalized spacial score (nSPS) is 17.7. The van der Waals surface area contributed by atoms with Gasteiger partial charge in [-0.2, -0.15) is 8.42 Å². The molecule has 1 atom stereocenters. The van der Waals surface area contributed by atoms with Crippen LogP contribution in [-0.4, -0.2) is 94.4 Å². The van der Waals surface area contributed by atoms with Crippen LogP contribution in [-0.2, 0) is 10.1 Å². The fraction of sp³-hybridized carbons (Fsp3) is 0.643. The first kappa shape index (κ1) is 31.0. The number of nitrogens with zero attached hydrogens (tertiary/aromatic N) is 6. The summed E-state index contributed by atoms with van der Waals surface area (Å²) in [6, 6.07) is 4.02. The molecule has 0 bridgehead atoms. The number of carbonyl (C=O) groups excluding carboxylic acids is 1. The zero-order chi connectivity index (χ0) is 29.9. The summed E-state index contributed by atoms with van der Waals surface area (Å²) < 4.78 is 51.8. The number of rotatable bonds is 12. The lowest BCUT2D eigenvalue weighted by atomic mass is 9.76. The lowest BCUT2D eigenvalue weighted by Gasteiger charge is -2.53. The summed E-state index contributed by atoms with van der Waals surface area (Å²) in [6.45, 7) is 13.7. The van der Waals surface area contributed by atoms with E-state index in [1.165, 1.54) is 24.5 Å². The molecule has 2 aliphatic rings. The van der Waals surface area contributed by atoms with E-state index in [-0.39, 0.29) is 46.4 Å². The van der Waals surface area contributed by atoms with Gasteiger partial charge in [-0.1, -0.05) is 13.8 Å². The van der Waals surface area contributed by atoms with Gasteiger partial charge in [0.2, 0.25) is 0 Å². The van der Waals surface area contributed by atoms with Crippen molar-refractivity contribution in [2.24, 2.45) is 11.3 Å². The van der Waals surface area contributed by atoms with E-state index < -0.39 is 15.9 Å². The van der Waals surface area contributed by atoms with Crippen molar-refractivity contribution in [2.75, 3.05) is 43.4 Å². The number of likely N-dealkylation sites (tertiary alicyclic amines) is 1. The van der Waals surface area contributed by atoms with E-state index >= 15 is 0 Å². The minimum Gasteiger partial charge on any atom is -0.434 e. The van der Waals surface area contributed by atoms with E-state index in [1.807, 2.05) is 20.8 Å². The molecule has 4 rings (SSSR count). The Morgan fingerprint density at radius 3 is 2.59 bits per heavy atom. The topological polar surface area (TPSA) is 129 Å². The maximum atomic E-state index is 14.2. The van der Waals surface area contributed by atoms with Gasteiger partial charge in [-0.05, 0) is 64.2 Å². The standard InChI is InChI=1S/C28H41FN6O5S/c1-6-35(20(4)5)27(36)22-14-21(29)9-10-24(22)40-26-25(30-18-31-32-26)33-12-11-28(15-33)16-34(17-28)23(19(2)3)8-7-13-41(37,38)39/h9-10,14,18-20,23H,6-8,11-13,15-17H2,1-5H3,(H,37,38,39)/t23-/m1/s1. The van der Waals surface area contributed by atoms with Gasteiger partial charge < -0.3 is 14.5 Å². The van der Waals surface area contributed by atoms with E-state index in [4.69, 9.17) is 9.29 Å². The highest BCUT2D eigenvalue weighted by Crippen LogP contribution is 2.44. The first-order valence-corrected chi connectivity index (χ1v) is 15.8. The molecule has 0 radical (unpaired) electrons. The molecule has 226 valence electrons. The Morgan fingerprint density at radius 1 is 1.22 bits per heavy atom. The largest absolute Gasteiger partial charge is 0.434 e. The number of amides is 1. The number of anilines is 1. The van der Waals surface area contributed by atoms with Gasteiger partial charge in [0.1, 0.15) is 17.9 Å². The third kappa shape index (κ3) is 7.31. The van der Waals surface area contributed by atoms with Crippen molar-refractivity contribution in [3.05, 3.63) is 35.9 Å². The highest BCUT2D eigenvalue weighted by atomic mass is 32.2. The summed E-state index contributed by atoms with van der Waals surface area (Å²) in [5.74, 6) is 0.119. The molecule has 13 heteroatoms. The smallest absolute Gasteiger partial charge is 0.282 e. The minimum atomic E-state index is -3.96. The van der Waals surface area contributed by atoms with Gasteiger partial charge in [0.25, 0.3) is 21.9 Å². The maximum Gasteiger partial charge on any atom is 0.282 e. The number of hydrogen-bond acceptors (Lipinski definition) is 9. The van der Waals surface area contributed by atoms with E-state index in [0.717, 1.165) is 32.6 Å². The van der Waals surface area contributed by atoms with Crippen molar-refractivity contribution in [3.63, 3.8) is 0 Å². The Balaban J connectivity index is 1.47. The third-order valence-electron chi connectivity index (χ3n) is 8.13. The molecule has 1 N–H and O–H groups in total. The average Bonchev–Trinajstić information content (AvgIpc) is 3.32. The van der Waals surface area contributed by atoms with Crippen LogP contribution >= 0.6 is 0 Å². The first-order chi connectivity index (χ1) is 19.3. The average molecular weight is 593 g/mol. The highest BCUT2D eigenvalue weighted by Gasteiger charge is 2.50. The lowest BCUT2D eigenvalue weighted by molar-refractivity contribution is -0.0335. The monoisotopic (exact) mass is 592 g/mol. The highest BCUT2D eigenvalue weighted by molar-refractivity contribution is 7.85. The molecule has 3 heterocycles. The van der Waals surface area contributed by atoms with Crippen LogP contribution in [0.5, 0.6) is 11.6 Å². The number of benzene rings is 1. The second-order valence-corrected chi connectivity index (χ2v) is 13.4. The van der Waals surface area contributed by atoms with E-state index in [1.54, 1.807) is 4.90 Å². The van der Waals surface area contributed by atoms with Gasteiger partial charge in [0, 0.05) is 50.2 Å². The second-order valence-electron chi connectivity index (χ2n) is 11.8. The summed E-state index contributed by atoms with van der Waals surface area (Å²) in [4.78, 5) is 23.9. The Labute approximate surface area is 241 Å². The van der Waals surface area contributed by atoms with Crippen LogP contribution in [0, 0.1) is 17.2 Å². The Morgan fingerprint density at radius 2 is 1.95 bits per heavy atom. The van der Waals surface area contributed by atoms with Crippen molar-refractivity contribution in [1.29, 1.82) is 0 Å². The SMILES string of the molecule is CCN(C(=O)c1cc(F)ccc1Oc1nncnc1N1CCC2(C1)CN([C@H](CCCS(=O)(=O)O)C(C)C)C2)C(C)C. The Kier molecular flexibility index (Phi) is 9.49. The van der Waals surface area contributed by atoms with Crippen molar-refractivity contribution >= 4 is 21.8 Å². The quantitative estimate of drug-likeness (QED) is 0.363. The molecule has 2 saturated heterocycles. The molecular formula is C28H41FN6O5S. The molecule has 2 aliphatic heterocycles. The zero-order valence-electron chi connectivity index (χ0n) is 24.5. The molecule has 0 aliphatic carbocycles. The summed E-state index contributed by atoms with van der Waals surface area (Å²) in [5.41, 5.74) is 0.173. The van der Waals surface area contributed by atoms with Crippen molar-refractivity contribution < 1.29 is 26.9 Å². The summed E-state index contributed by atoms with van der Waals surface area (Å²) in [5, 5.41) is 8.08. The van der Waals surface area contributed by atoms with Gasteiger partial charge in [-0.3, -0.25) is 14.2 Å². The number of aromatic nitrogens is 3. The van der Waals surface area contributed by atoms with E-state index in [2.05, 4.69) is 38.8 Å². The predicted octanol–water partition coefficient (Wildman–Crippen LogP) is 3.88. The molecule has 1 aromatic heterocycles. The van der Waals surface area contributed by atoms with Gasteiger partial charge >= 0.3 is 0 Å². The second kappa shape index (κ2) is 12.5. The fourth-order valence-corrected chi connectivity index (χ4v) is 6.67. The van der Waals surface area contributed by atoms with Crippen LogP contribution in [0.15, 0.2) is 24.5 Å². The minimum absolute atomic E-state index is 0.0638. The van der Waals surface area contributed by atoms with Gasteiger partial charge in [-0.15, -0.1) is 10.2 Å². The number of halogens is 1. The number of hydrogen-bond donors (Lipinski definition) is 1. The molecule has 2 aromatic rings. The van der Waals surface area contributed by atoms with Gasteiger partial charge in [0.05, 0.1) is 11.3 Å². The van der Waals surface area contributed by atoms with Crippen LogP contribution in [0.25, 0.3) is 0 Å². The zero-order valence-corrected chi connectivity index (χ0v) is 25.3. The summed E-state index contributed by atoms with van der Waals surface area (Å²) in [7, 11) is -3.96. The van der Waals surface area contributed by atoms with Gasteiger partial charge in [0.15, 0.2) is 5.82 Å². The lowest BCUT2D eigenvalue weighted by Crippen LogP contribution is -2.62. The Bertz CT molecular complexity index is 1340. The van der Waals surface area contributed by atoms with Crippen LogP contribution < -0.4 is 9.64 Å². The molecule has 1 amide bonds. The molecular weight excluding hydrogens is 551 g/mol. The predicted molar refractivity (Wildman–Crippen MR) is 153 cm³/mol. The number of carbonyl (C=O) groups is 1.